The molecule has 4 nitrogen and oxygen atoms in total. The number of aryl methyl sites for hydroxylation is 1. The SMILES string of the molecule is Cc1cc(C(N)CC(N)=O)cc(Cl)n1. The van der Waals surface area contributed by atoms with Crippen LogP contribution in [-0.2, 0) is 4.79 Å². The van der Waals surface area contributed by atoms with E-state index in [1.54, 1.807) is 12.1 Å². The summed E-state index contributed by atoms with van der Waals surface area (Å²) >= 11 is 5.75. The molecule has 14 heavy (non-hydrogen) atoms. The topological polar surface area (TPSA) is 82.0 Å². The Morgan fingerprint density at radius 1 is 1.64 bits per heavy atom. The molecular weight excluding hydrogens is 202 g/mol. The fourth-order valence-electron chi connectivity index (χ4n) is 1.20. The van der Waals surface area contributed by atoms with Gasteiger partial charge in [-0.3, -0.25) is 4.79 Å². The van der Waals surface area contributed by atoms with Crippen molar-refractivity contribution in [1.82, 2.24) is 4.98 Å². The third-order valence-corrected chi connectivity index (χ3v) is 1.99. The molecule has 0 aliphatic rings. The van der Waals surface area contributed by atoms with E-state index in [2.05, 4.69) is 4.98 Å². The lowest BCUT2D eigenvalue weighted by Crippen LogP contribution is -2.20. The second kappa shape index (κ2) is 4.39. The molecule has 1 unspecified atom stereocenters. The molecule has 0 saturated heterocycles. The maximum atomic E-state index is 10.6. The minimum Gasteiger partial charge on any atom is -0.370 e. The molecule has 5 heteroatoms. The van der Waals surface area contributed by atoms with Crippen molar-refractivity contribution in [2.24, 2.45) is 11.5 Å². The molecule has 0 aliphatic carbocycles. The van der Waals surface area contributed by atoms with Gasteiger partial charge < -0.3 is 11.5 Å². The van der Waals surface area contributed by atoms with Crippen LogP contribution in [0.15, 0.2) is 12.1 Å². The van der Waals surface area contributed by atoms with Crippen LogP contribution < -0.4 is 11.5 Å². The van der Waals surface area contributed by atoms with Crippen molar-refractivity contribution in [2.45, 2.75) is 19.4 Å². The molecule has 0 fully saturated rings. The van der Waals surface area contributed by atoms with Crippen molar-refractivity contribution in [1.29, 1.82) is 0 Å². The molecule has 0 aliphatic heterocycles. The summed E-state index contributed by atoms with van der Waals surface area (Å²) in [4.78, 5) is 14.6. The van der Waals surface area contributed by atoms with Gasteiger partial charge in [-0.15, -0.1) is 0 Å². The average molecular weight is 214 g/mol. The van der Waals surface area contributed by atoms with E-state index in [-0.39, 0.29) is 6.42 Å². The largest absolute Gasteiger partial charge is 0.370 e. The third-order valence-electron chi connectivity index (χ3n) is 1.79. The summed E-state index contributed by atoms with van der Waals surface area (Å²) in [5, 5.41) is 0.375. The van der Waals surface area contributed by atoms with Crippen LogP contribution in [0.3, 0.4) is 0 Å². The zero-order valence-corrected chi connectivity index (χ0v) is 8.58. The van der Waals surface area contributed by atoms with Crippen LogP contribution in [-0.4, -0.2) is 10.9 Å². The Bertz CT molecular complexity index is 334. The van der Waals surface area contributed by atoms with Crippen molar-refractivity contribution in [3.8, 4) is 0 Å². The number of nitrogens with two attached hydrogens (primary N) is 2. The first-order valence-corrected chi connectivity index (χ1v) is 4.55. The van der Waals surface area contributed by atoms with Gasteiger partial charge in [-0.05, 0) is 24.6 Å². The molecule has 0 saturated carbocycles. The van der Waals surface area contributed by atoms with E-state index in [1.807, 2.05) is 6.92 Å². The normalized spacial score (nSPS) is 12.5. The fraction of sp³-hybridized carbons (Fsp3) is 0.333. The van der Waals surface area contributed by atoms with E-state index in [4.69, 9.17) is 23.1 Å². The Morgan fingerprint density at radius 3 is 2.79 bits per heavy atom. The van der Waals surface area contributed by atoms with Crippen LogP contribution in [0.1, 0.15) is 23.7 Å². The molecular formula is C9H12ClN3O. The maximum Gasteiger partial charge on any atom is 0.219 e. The molecule has 4 N–H and O–H groups in total. The second-order valence-corrected chi connectivity index (χ2v) is 3.53. The number of hydrogen-bond donors (Lipinski definition) is 2. The van der Waals surface area contributed by atoms with E-state index >= 15 is 0 Å². The number of primary amides is 1. The number of pyridine rings is 1. The van der Waals surface area contributed by atoms with Gasteiger partial charge in [0, 0.05) is 18.2 Å². The number of carbonyl (C=O) groups excluding carboxylic acids is 1. The monoisotopic (exact) mass is 213 g/mol. The van der Waals surface area contributed by atoms with Gasteiger partial charge in [0.15, 0.2) is 0 Å². The second-order valence-electron chi connectivity index (χ2n) is 3.14. The molecule has 1 heterocycles. The van der Waals surface area contributed by atoms with Gasteiger partial charge in [0.25, 0.3) is 0 Å². The Morgan fingerprint density at radius 2 is 2.29 bits per heavy atom. The van der Waals surface area contributed by atoms with E-state index in [1.165, 1.54) is 0 Å². The van der Waals surface area contributed by atoms with Gasteiger partial charge in [0.05, 0.1) is 0 Å². The lowest BCUT2D eigenvalue weighted by molar-refractivity contribution is -0.118. The number of nitrogens with zero attached hydrogens (tertiary/aromatic N) is 1. The van der Waals surface area contributed by atoms with Gasteiger partial charge in [0.1, 0.15) is 5.15 Å². The molecule has 0 bridgehead atoms. The van der Waals surface area contributed by atoms with Crippen molar-refractivity contribution in [3.05, 3.63) is 28.5 Å². The predicted octanol–water partition coefficient (Wildman–Crippen LogP) is 0.919. The molecule has 76 valence electrons. The molecule has 1 aromatic heterocycles. The summed E-state index contributed by atoms with van der Waals surface area (Å²) in [6.45, 7) is 1.81. The van der Waals surface area contributed by atoms with E-state index < -0.39 is 11.9 Å². The highest BCUT2D eigenvalue weighted by Gasteiger charge is 2.10. The van der Waals surface area contributed by atoms with E-state index in [0.29, 0.717) is 5.15 Å². The molecule has 0 aromatic carbocycles. The highest BCUT2D eigenvalue weighted by molar-refractivity contribution is 6.29. The average Bonchev–Trinajstić information content (AvgIpc) is 2.00. The lowest BCUT2D eigenvalue weighted by atomic mass is 10.1. The minimum absolute atomic E-state index is 0.111. The number of rotatable bonds is 3. The van der Waals surface area contributed by atoms with Gasteiger partial charge in [-0.1, -0.05) is 11.6 Å². The Labute approximate surface area is 87.3 Å². The summed E-state index contributed by atoms with van der Waals surface area (Å²) in [6.07, 6.45) is 0.111. The first-order chi connectivity index (χ1) is 6.49. The Hall–Kier alpha value is -1.13. The highest BCUT2D eigenvalue weighted by atomic mass is 35.5. The van der Waals surface area contributed by atoms with Gasteiger partial charge in [0.2, 0.25) is 5.91 Å². The molecule has 1 atom stereocenters. The molecule has 1 aromatic rings. The van der Waals surface area contributed by atoms with Crippen LogP contribution in [0, 0.1) is 6.92 Å². The van der Waals surface area contributed by atoms with Crippen LogP contribution in [0.4, 0.5) is 0 Å². The van der Waals surface area contributed by atoms with Crippen LogP contribution in [0.25, 0.3) is 0 Å². The predicted molar refractivity (Wildman–Crippen MR) is 54.7 cm³/mol. The molecule has 0 spiro atoms. The summed E-state index contributed by atoms with van der Waals surface area (Å²) in [5.41, 5.74) is 12.3. The first-order valence-electron chi connectivity index (χ1n) is 4.17. The number of amides is 1. The quantitative estimate of drug-likeness (QED) is 0.733. The van der Waals surface area contributed by atoms with Gasteiger partial charge in [-0.2, -0.15) is 0 Å². The van der Waals surface area contributed by atoms with Gasteiger partial charge >= 0.3 is 0 Å². The van der Waals surface area contributed by atoms with Crippen molar-refractivity contribution in [2.75, 3.05) is 0 Å². The van der Waals surface area contributed by atoms with E-state index in [0.717, 1.165) is 11.3 Å². The first kappa shape index (κ1) is 10.9. The molecule has 1 amide bonds. The fourth-order valence-corrected chi connectivity index (χ4v) is 1.46. The van der Waals surface area contributed by atoms with Crippen LogP contribution >= 0.6 is 11.6 Å². The number of hydrogen-bond acceptors (Lipinski definition) is 3. The standard InChI is InChI=1S/C9H12ClN3O/c1-5-2-6(3-8(10)13-5)7(11)4-9(12)14/h2-3,7H,4,11H2,1H3,(H2,12,14). The van der Waals surface area contributed by atoms with Crippen LogP contribution in [0.5, 0.6) is 0 Å². The van der Waals surface area contributed by atoms with Crippen molar-refractivity contribution >= 4 is 17.5 Å². The summed E-state index contributed by atoms with van der Waals surface area (Å²) in [5.74, 6) is -0.428. The van der Waals surface area contributed by atoms with Crippen molar-refractivity contribution in [3.63, 3.8) is 0 Å². The summed E-state index contributed by atoms with van der Waals surface area (Å²) in [7, 11) is 0. The minimum atomic E-state index is -0.428. The number of aromatic nitrogens is 1. The smallest absolute Gasteiger partial charge is 0.219 e. The Balaban J connectivity index is 2.89. The van der Waals surface area contributed by atoms with E-state index in [9.17, 15) is 4.79 Å². The van der Waals surface area contributed by atoms with Gasteiger partial charge in [-0.25, -0.2) is 4.98 Å². The summed E-state index contributed by atoms with van der Waals surface area (Å²) < 4.78 is 0. The Kier molecular flexibility index (Phi) is 3.43. The number of halogens is 1. The zero-order chi connectivity index (χ0) is 10.7. The maximum absolute atomic E-state index is 10.6. The molecule has 1 rings (SSSR count). The van der Waals surface area contributed by atoms with Crippen molar-refractivity contribution < 1.29 is 4.79 Å². The third kappa shape index (κ3) is 2.97. The highest BCUT2D eigenvalue weighted by Crippen LogP contribution is 2.18. The molecule has 0 radical (unpaired) electrons. The number of carbonyl (C=O) groups is 1. The van der Waals surface area contributed by atoms with Crippen LogP contribution in [0.2, 0.25) is 5.15 Å². The summed E-state index contributed by atoms with van der Waals surface area (Å²) in [6, 6.07) is 3.02. The lowest BCUT2D eigenvalue weighted by Gasteiger charge is -2.10. The zero-order valence-electron chi connectivity index (χ0n) is 7.83.